The average molecular weight is 191 g/mol. The lowest BCUT2D eigenvalue weighted by molar-refractivity contribution is 1.48. The minimum absolute atomic E-state index is 0.848. The Labute approximate surface area is 83.6 Å². The standard InChI is InChI=1S/C11H13NS/c1-9(12-10(2)13-3)11-7-5-4-6-8-11/h4-8H,2H2,1,3H3. The molecule has 0 heterocycles. The summed E-state index contributed by atoms with van der Waals surface area (Å²) in [6.07, 6.45) is 1.98. The molecule has 1 nitrogen and oxygen atoms in total. The highest BCUT2D eigenvalue weighted by atomic mass is 32.2. The number of aliphatic imine (C=N–C) groups is 1. The lowest BCUT2D eigenvalue weighted by Gasteiger charge is -2.00. The van der Waals surface area contributed by atoms with Gasteiger partial charge in [0.2, 0.25) is 0 Å². The summed E-state index contributed by atoms with van der Waals surface area (Å²) < 4.78 is 0. The van der Waals surface area contributed by atoms with Crippen LogP contribution < -0.4 is 0 Å². The fraction of sp³-hybridized carbons (Fsp3) is 0.182. The molecule has 0 unspecified atom stereocenters. The number of hydrogen-bond donors (Lipinski definition) is 0. The first-order valence-corrected chi connectivity index (χ1v) is 5.30. The van der Waals surface area contributed by atoms with Gasteiger partial charge in [-0.2, -0.15) is 0 Å². The van der Waals surface area contributed by atoms with Crippen LogP contribution in [0.15, 0.2) is 46.9 Å². The predicted molar refractivity (Wildman–Crippen MR) is 61.3 cm³/mol. The van der Waals surface area contributed by atoms with Crippen molar-refractivity contribution in [2.75, 3.05) is 6.26 Å². The van der Waals surface area contributed by atoms with Gasteiger partial charge in [0, 0.05) is 5.71 Å². The zero-order chi connectivity index (χ0) is 9.68. The van der Waals surface area contributed by atoms with E-state index in [9.17, 15) is 0 Å². The maximum absolute atomic E-state index is 4.35. The van der Waals surface area contributed by atoms with Crippen LogP contribution in [-0.2, 0) is 0 Å². The highest BCUT2D eigenvalue weighted by Crippen LogP contribution is 2.12. The van der Waals surface area contributed by atoms with Crippen molar-refractivity contribution in [3.8, 4) is 0 Å². The summed E-state index contributed by atoms with van der Waals surface area (Å²) in [5.74, 6) is 0. The van der Waals surface area contributed by atoms with E-state index in [-0.39, 0.29) is 0 Å². The second-order valence-electron chi connectivity index (χ2n) is 2.66. The minimum Gasteiger partial charge on any atom is -0.247 e. The minimum atomic E-state index is 0.848. The Bertz CT molecular complexity index is 314. The Hall–Kier alpha value is -1.02. The second kappa shape index (κ2) is 4.87. The third-order valence-corrected chi connectivity index (χ3v) is 2.28. The average Bonchev–Trinajstić information content (AvgIpc) is 2.19. The van der Waals surface area contributed by atoms with Gasteiger partial charge in [-0.1, -0.05) is 36.9 Å². The van der Waals surface area contributed by atoms with Gasteiger partial charge >= 0.3 is 0 Å². The van der Waals surface area contributed by atoms with Crippen molar-refractivity contribution >= 4 is 17.5 Å². The first-order valence-electron chi connectivity index (χ1n) is 4.07. The number of rotatable bonds is 3. The monoisotopic (exact) mass is 191 g/mol. The van der Waals surface area contributed by atoms with Gasteiger partial charge < -0.3 is 0 Å². The van der Waals surface area contributed by atoms with E-state index < -0.39 is 0 Å². The molecule has 1 aromatic rings. The van der Waals surface area contributed by atoms with Gasteiger partial charge in [0.1, 0.15) is 0 Å². The lowest BCUT2D eigenvalue weighted by Crippen LogP contribution is -1.93. The molecule has 0 N–H and O–H groups in total. The molecule has 1 aromatic carbocycles. The third-order valence-electron chi connectivity index (χ3n) is 1.72. The van der Waals surface area contributed by atoms with Gasteiger partial charge in [-0.25, -0.2) is 4.99 Å². The number of benzene rings is 1. The van der Waals surface area contributed by atoms with E-state index in [1.807, 2.05) is 43.5 Å². The van der Waals surface area contributed by atoms with Gasteiger partial charge in [-0.05, 0) is 18.7 Å². The van der Waals surface area contributed by atoms with Crippen molar-refractivity contribution in [1.29, 1.82) is 0 Å². The van der Waals surface area contributed by atoms with Gasteiger partial charge in [0.05, 0.1) is 5.03 Å². The van der Waals surface area contributed by atoms with Crippen molar-refractivity contribution in [2.45, 2.75) is 6.92 Å². The molecule has 0 radical (unpaired) electrons. The Kier molecular flexibility index (Phi) is 3.77. The number of thioether (sulfide) groups is 1. The van der Waals surface area contributed by atoms with E-state index in [1.165, 1.54) is 0 Å². The van der Waals surface area contributed by atoms with Gasteiger partial charge in [-0.3, -0.25) is 0 Å². The largest absolute Gasteiger partial charge is 0.247 e. The molecule has 0 saturated carbocycles. The van der Waals surface area contributed by atoms with Crippen molar-refractivity contribution in [3.05, 3.63) is 47.5 Å². The van der Waals surface area contributed by atoms with Crippen molar-refractivity contribution in [2.24, 2.45) is 4.99 Å². The number of nitrogens with zero attached hydrogens (tertiary/aromatic N) is 1. The molecule has 0 saturated heterocycles. The Morgan fingerprint density at radius 2 is 1.92 bits per heavy atom. The Morgan fingerprint density at radius 3 is 2.46 bits per heavy atom. The normalized spacial score (nSPS) is 11.4. The van der Waals surface area contributed by atoms with Gasteiger partial charge in [0.15, 0.2) is 0 Å². The Balaban J connectivity index is 2.85. The van der Waals surface area contributed by atoms with Crippen LogP contribution in [0.4, 0.5) is 0 Å². The summed E-state index contributed by atoms with van der Waals surface area (Å²) >= 11 is 1.57. The zero-order valence-corrected chi connectivity index (χ0v) is 8.77. The van der Waals surface area contributed by atoms with E-state index in [1.54, 1.807) is 11.8 Å². The second-order valence-corrected chi connectivity index (χ2v) is 3.54. The molecule has 0 fully saturated rings. The molecular formula is C11H13NS. The molecule has 0 bridgehead atoms. The van der Waals surface area contributed by atoms with Crippen LogP contribution in [0.5, 0.6) is 0 Å². The van der Waals surface area contributed by atoms with Crippen molar-refractivity contribution in [3.63, 3.8) is 0 Å². The van der Waals surface area contributed by atoms with E-state index in [4.69, 9.17) is 0 Å². The summed E-state index contributed by atoms with van der Waals surface area (Å²) in [6.45, 7) is 5.81. The summed E-state index contributed by atoms with van der Waals surface area (Å²) in [5.41, 5.74) is 2.16. The zero-order valence-electron chi connectivity index (χ0n) is 7.95. The van der Waals surface area contributed by atoms with Crippen LogP contribution in [-0.4, -0.2) is 12.0 Å². The van der Waals surface area contributed by atoms with Gasteiger partial charge in [-0.15, -0.1) is 11.8 Å². The van der Waals surface area contributed by atoms with Crippen molar-refractivity contribution < 1.29 is 0 Å². The molecule has 0 aromatic heterocycles. The summed E-state index contributed by atoms with van der Waals surface area (Å²) in [6, 6.07) is 10.1. The molecule has 68 valence electrons. The van der Waals surface area contributed by atoms with E-state index in [0.717, 1.165) is 16.3 Å². The fourth-order valence-corrected chi connectivity index (χ4v) is 1.20. The van der Waals surface area contributed by atoms with Crippen LogP contribution in [0.25, 0.3) is 0 Å². The molecule has 2 heteroatoms. The van der Waals surface area contributed by atoms with Crippen LogP contribution >= 0.6 is 11.8 Å². The number of hydrogen-bond acceptors (Lipinski definition) is 2. The highest BCUT2D eigenvalue weighted by Gasteiger charge is 1.95. The smallest absolute Gasteiger partial charge is 0.0888 e. The molecule has 1 rings (SSSR count). The lowest BCUT2D eigenvalue weighted by atomic mass is 10.1. The first-order chi connectivity index (χ1) is 6.24. The molecule has 0 amide bonds. The van der Waals surface area contributed by atoms with Crippen molar-refractivity contribution in [1.82, 2.24) is 0 Å². The highest BCUT2D eigenvalue weighted by molar-refractivity contribution is 8.02. The summed E-state index contributed by atoms with van der Waals surface area (Å²) in [4.78, 5) is 4.35. The molecule has 0 aliphatic rings. The van der Waals surface area contributed by atoms with Crippen LogP contribution in [0, 0.1) is 0 Å². The third kappa shape index (κ3) is 3.07. The van der Waals surface area contributed by atoms with Gasteiger partial charge in [0.25, 0.3) is 0 Å². The quantitative estimate of drug-likeness (QED) is 0.667. The fourth-order valence-electron chi connectivity index (χ4n) is 0.977. The van der Waals surface area contributed by atoms with Crippen LogP contribution in [0.2, 0.25) is 0 Å². The molecule has 13 heavy (non-hydrogen) atoms. The first kappa shape index (κ1) is 10.1. The van der Waals surface area contributed by atoms with E-state index in [2.05, 4.69) is 11.6 Å². The molecule has 0 atom stereocenters. The molecule has 0 spiro atoms. The molecule has 0 aliphatic heterocycles. The maximum Gasteiger partial charge on any atom is 0.0888 e. The predicted octanol–water partition coefficient (Wildman–Crippen LogP) is 3.33. The molecule has 0 aliphatic carbocycles. The van der Waals surface area contributed by atoms with E-state index >= 15 is 0 Å². The SMILES string of the molecule is C=C(N=C(C)c1ccccc1)SC. The van der Waals surface area contributed by atoms with Crippen LogP contribution in [0.1, 0.15) is 12.5 Å². The topological polar surface area (TPSA) is 12.4 Å². The Morgan fingerprint density at radius 1 is 1.31 bits per heavy atom. The summed E-state index contributed by atoms with van der Waals surface area (Å²) in [5, 5.41) is 0.848. The maximum atomic E-state index is 4.35. The summed E-state index contributed by atoms with van der Waals surface area (Å²) in [7, 11) is 0. The van der Waals surface area contributed by atoms with E-state index in [0.29, 0.717) is 0 Å². The molecular weight excluding hydrogens is 178 g/mol. The van der Waals surface area contributed by atoms with Crippen LogP contribution in [0.3, 0.4) is 0 Å².